The van der Waals surface area contributed by atoms with Crippen LogP contribution >= 0.6 is 11.6 Å². The van der Waals surface area contributed by atoms with E-state index >= 15 is 0 Å². The van der Waals surface area contributed by atoms with Gasteiger partial charge in [-0.3, -0.25) is 0 Å². The quantitative estimate of drug-likeness (QED) is 0.709. The average molecular weight is 271 g/mol. The number of benzene rings is 1. The second-order valence-electron chi connectivity index (χ2n) is 3.99. The predicted octanol–water partition coefficient (Wildman–Crippen LogP) is 3.70. The first-order chi connectivity index (χ1) is 8.67. The molecule has 4 heteroatoms. The molecule has 0 bridgehead atoms. The smallest absolute Gasteiger partial charge is 0.338 e. The molecule has 0 fully saturated rings. The highest BCUT2D eigenvalue weighted by atomic mass is 35.5. The summed E-state index contributed by atoms with van der Waals surface area (Å²) in [5.41, 5.74) is 0.472. The Morgan fingerprint density at radius 1 is 1.39 bits per heavy atom. The van der Waals surface area contributed by atoms with Crippen molar-refractivity contribution in [2.45, 2.75) is 32.8 Å². The van der Waals surface area contributed by atoms with Gasteiger partial charge in [0.05, 0.1) is 12.2 Å². The molecule has 0 aliphatic heterocycles. The fourth-order valence-electron chi connectivity index (χ4n) is 1.58. The molecular weight excluding hydrogens is 252 g/mol. The summed E-state index contributed by atoms with van der Waals surface area (Å²) in [5.74, 6) is -0.351. The average Bonchev–Trinajstić information content (AvgIpc) is 2.36. The van der Waals surface area contributed by atoms with Gasteiger partial charge in [0.15, 0.2) is 0 Å². The fourth-order valence-corrected chi connectivity index (χ4v) is 1.77. The Bertz CT molecular complexity index is 379. The fraction of sp³-hybridized carbons (Fsp3) is 0.500. The first-order valence-corrected chi connectivity index (χ1v) is 6.59. The molecule has 1 aromatic carbocycles. The lowest BCUT2D eigenvalue weighted by atomic mass is 10.2. The van der Waals surface area contributed by atoms with Gasteiger partial charge >= 0.3 is 5.97 Å². The number of hydrogen-bond acceptors (Lipinski definition) is 3. The van der Waals surface area contributed by atoms with Crippen LogP contribution in [0.2, 0.25) is 5.02 Å². The van der Waals surface area contributed by atoms with Crippen molar-refractivity contribution in [1.82, 2.24) is 0 Å². The first kappa shape index (κ1) is 15.0. The summed E-state index contributed by atoms with van der Waals surface area (Å²) in [7, 11) is 0. The van der Waals surface area contributed by atoms with E-state index in [0.717, 1.165) is 12.8 Å². The van der Waals surface area contributed by atoms with E-state index < -0.39 is 0 Å². The Balaban J connectivity index is 2.59. The predicted molar refractivity (Wildman–Crippen MR) is 72.1 cm³/mol. The zero-order valence-electron chi connectivity index (χ0n) is 10.8. The van der Waals surface area contributed by atoms with Crippen molar-refractivity contribution in [3.8, 4) is 0 Å². The standard InChI is InChI=1S/C14H19ClO3/c1-3-6-13(10-17-4-2)18-14(16)11-7-5-8-12(15)9-11/h5,7-9,13H,3-4,6,10H2,1-2H3. The maximum absolute atomic E-state index is 11.9. The molecule has 0 aromatic heterocycles. The highest BCUT2D eigenvalue weighted by Gasteiger charge is 2.15. The monoisotopic (exact) mass is 270 g/mol. The van der Waals surface area contributed by atoms with Gasteiger partial charge in [0.2, 0.25) is 0 Å². The van der Waals surface area contributed by atoms with Crippen LogP contribution in [-0.2, 0) is 9.47 Å². The van der Waals surface area contributed by atoms with E-state index in [0.29, 0.717) is 23.8 Å². The van der Waals surface area contributed by atoms with E-state index in [9.17, 15) is 4.79 Å². The topological polar surface area (TPSA) is 35.5 Å². The molecule has 0 amide bonds. The molecule has 0 saturated heterocycles. The molecule has 1 aromatic rings. The Labute approximate surface area is 113 Å². The third-order valence-electron chi connectivity index (χ3n) is 2.45. The molecule has 0 aliphatic carbocycles. The normalized spacial score (nSPS) is 12.2. The van der Waals surface area contributed by atoms with Crippen LogP contribution in [0.5, 0.6) is 0 Å². The Morgan fingerprint density at radius 3 is 2.78 bits per heavy atom. The van der Waals surface area contributed by atoms with Crippen molar-refractivity contribution in [2.75, 3.05) is 13.2 Å². The number of hydrogen-bond donors (Lipinski definition) is 0. The molecule has 1 unspecified atom stereocenters. The highest BCUT2D eigenvalue weighted by molar-refractivity contribution is 6.30. The zero-order valence-corrected chi connectivity index (χ0v) is 11.6. The molecule has 0 aliphatic rings. The lowest BCUT2D eigenvalue weighted by molar-refractivity contribution is -0.00492. The van der Waals surface area contributed by atoms with E-state index in [2.05, 4.69) is 0 Å². The Kier molecular flexibility index (Phi) is 6.76. The van der Waals surface area contributed by atoms with Gasteiger partial charge in [0, 0.05) is 11.6 Å². The van der Waals surface area contributed by atoms with Crippen molar-refractivity contribution in [3.05, 3.63) is 34.9 Å². The number of halogens is 1. The van der Waals surface area contributed by atoms with Crippen LogP contribution in [0.25, 0.3) is 0 Å². The molecule has 0 saturated carbocycles. The Hall–Kier alpha value is -1.06. The van der Waals surface area contributed by atoms with Crippen LogP contribution in [-0.4, -0.2) is 25.3 Å². The molecule has 1 atom stereocenters. The number of carbonyl (C=O) groups is 1. The molecule has 18 heavy (non-hydrogen) atoms. The second-order valence-corrected chi connectivity index (χ2v) is 4.42. The van der Waals surface area contributed by atoms with Crippen LogP contribution in [0.4, 0.5) is 0 Å². The minimum Gasteiger partial charge on any atom is -0.456 e. The molecule has 1 rings (SSSR count). The molecule has 0 N–H and O–H groups in total. The van der Waals surface area contributed by atoms with Gasteiger partial charge in [-0.15, -0.1) is 0 Å². The summed E-state index contributed by atoms with van der Waals surface area (Å²) in [4.78, 5) is 11.9. The third-order valence-corrected chi connectivity index (χ3v) is 2.69. The van der Waals surface area contributed by atoms with Gasteiger partial charge in [-0.25, -0.2) is 4.79 Å². The van der Waals surface area contributed by atoms with Gasteiger partial charge in [0.1, 0.15) is 6.10 Å². The van der Waals surface area contributed by atoms with Crippen LogP contribution in [0.15, 0.2) is 24.3 Å². The number of esters is 1. The molecule has 100 valence electrons. The van der Waals surface area contributed by atoms with Crippen LogP contribution in [0.1, 0.15) is 37.0 Å². The van der Waals surface area contributed by atoms with Crippen molar-refractivity contribution in [1.29, 1.82) is 0 Å². The largest absolute Gasteiger partial charge is 0.456 e. The van der Waals surface area contributed by atoms with Gasteiger partial charge in [0.25, 0.3) is 0 Å². The summed E-state index contributed by atoms with van der Waals surface area (Å²) in [6.45, 7) is 5.03. The van der Waals surface area contributed by atoms with Gasteiger partial charge in [-0.1, -0.05) is 31.0 Å². The lowest BCUT2D eigenvalue weighted by Gasteiger charge is -2.17. The molecule has 3 nitrogen and oxygen atoms in total. The number of ether oxygens (including phenoxy) is 2. The van der Waals surface area contributed by atoms with Gasteiger partial charge in [-0.2, -0.15) is 0 Å². The SMILES string of the molecule is CCCC(COCC)OC(=O)c1cccc(Cl)c1. The minimum atomic E-state index is -0.351. The first-order valence-electron chi connectivity index (χ1n) is 6.21. The molecular formula is C14H19ClO3. The Morgan fingerprint density at radius 2 is 2.17 bits per heavy atom. The highest BCUT2D eigenvalue weighted by Crippen LogP contribution is 2.13. The van der Waals surface area contributed by atoms with E-state index in [4.69, 9.17) is 21.1 Å². The number of rotatable bonds is 7. The van der Waals surface area contributed by atoms with Gasteiger partial charge in [-0.05, 0) is 31.5 Å². The van der Waals surface area contributed by atoms with Crippen molar-refractivity contribution in [2.24, 2.45) is 0 Å². The summed E-state index contributed by atoms with van der Waals surface area (Å²) >= 11 is 5.84. The number of carbonyl (C=O) groups excluding carboxylic acids is 1. The maximum atomic E-state index is 11.9. The minimum absolute atomic E-state index is 0.193. The van der Waals surface area contributed by atoms with Crippen molar-refractivity contribution < 1.29 is 14.3 Å². The van der Waals surface area contributed by atoms with Crippen LogP contribution < -0.4 is 0 Å². The maximum Gasteiger partial charge on any atom is 0.338 e. The lowest BCUT2D eigenvalue weighted by Crippen LogP contribution is -2.23. The summed E-state index contributed by atoms with van der Waals surface area (Å²) in [5, 5.41) is 0.529. The summed E-state index contributed by atoms with van der Waals surface area (Å²) < 4.78 is 10.7. The van der Waals surface area contributed by atoms with Crippen molar-refractivity contribution in [3.63, 3.8) is 0 Å². The summed E-state index contributed by atoms with van der Waals surface area (Å²) in [6, 6.07) is 6.75. The summed E-state index contributed by atoms with van der Waals surface area (Å²) in [6.07, 6.45) is 1.55. The van der Waals surface area contributed by atoms with E-state index in [1.54, 1.807) is 24.3 Å². The zero-order chi connectivity index (χ0) is 13.4. The van der Waals surface area contributed by atoms with E-state index in [1.807, 2.05) is 13.8 Å². The van der Waals surface area contributed by atoms with Crippen molar-refractivity contribution >= 4 is 17.6 Å². The van der Waals surface area contributed by atoms with Crippen LogP contribution in [0, 0.1) is 0 Å². The van der Waals surface area contributed by atoms with E-state index in [1.165, 1.54) is 0 Å². The third kappa shape index (κ3) is 5.07. The van der Waals surface area contributed by atoms with Crippen LogP contribution in [0.3, 0.4) is 0 Å². The molecule has 0 radical (unpaired) electrons. The molecule has 0 spiro atoms. The van der Waals surface area contributed by atoms with E-state index in [-0.39, 0.29) is 12.1 Å². The van der Waals surface area contributed by atoms with Gasteiger partial charge < -0.3 is 9.47 Å². The molecule has 0 heterocycles. The second kappa shape index (κ2) is 8.11.